The first kappa shape index (κ1) is 37.4. The van der Waals surface area contributed by atoms with Gasteiger partial charge in [-0.25, -0.2) is 0 Å². The smallest absolute Gasteiger partial charge is 0.338 e. The molecule has 0 aliphatic rings. The van der Waals surface area contributed by atoms with E-state index in [2.05, 4.69) is 0 Å². The van der Waals surface area contributed by atoms with E-state index < -0.39 is 35.9 Å². The van der Waals surface area contributed by atoms with Gasteiger partial charge in [0, 0.05) is 0 Å². The van der Waals surface area contributed by atoms with Crippen molar-refractivity contribution in [3.05, 3.63) is 0 Å². The molecule has 4 unspecified atom stereocenters. The van der Waals surface area contributed by atoms with Gasteiger partial charge in [0.05, 0.1) is 45.9 Å². The van der Waals surface area contributed by atoms with Crippen molar-refractivity contribution in [3.8, 4) is 0 Å². The first-order valence-electron chi connectivity index (χ1n) is 11.9. The zero-order valence-electron chi connectivity index (χ0n) is 22.0. The third-order valence-electron chi connectivity index (χ3n) is 3.84. The summed E-state index contributed by atoms with van der Waals surface area (Å²) in [5.41, 5.74) is 0. The Hall–Kier alpha value is -0.770. The lowest BCUT2D eigenvalue weighted by atomic mass is 10.1. The van der Waals surface area contributed by atoms with Gasteiger partial charge in [-0.2, -0.15) is 4.52 Å². The molecule has 0 N–H and O–H groups in total. The fourth-order valence-electron chi connectivity index (χ4n) is 2.43. The normalized spacial score (nSPS) is 12.7. The Morgan fingerprint density at radius 1 is 0.722 bits per heavy atom. The third kappa shape index (κ3) is 20.3. The number of hydrogen-bond acceptors (Lipinski definition) is 12. The van der Waals surface area contributed by atoms with Gasteiger partial charge >= 0.3 is 30.8 Å². The molecule has 0 saturated carbocycles. The highest BCUT2D eigenvalue weighted by Gasteiger charge is 2.32. The van der Waals surface area contributed by atoms with E-state index in [4.69, 9.17) is 47.1 Å². The Bertz CT molecular complexity index is 610. The van der Waals surface area contributed by atoms with Gasteiger partial charge in [-0.1, -0.05) is 6.92 Å². The molecule has 0 aliphatic carbocycles. The van der Waals surface area contributed by atoms with Crippen LogP contribution in [-0.4, -0.2) is 74.5 Å². The molecule has 0 rings (SSSR count). The van der Waals surface area contributed by atoms with Crippen LogP contribution in [0.3, 0.4) is 0 Å². The molecule has 0 bridgehead atoms. The van der Waals surface area contributed by atoms with Crippen LogP contribution in [0.25, 0.3) is 0 Å². The van der Waals surface area contributed by atoms with Crippen molar-refractivity contribution in [2.45, 2.75) is 66.1 Å². The summed E-state index contributed by atoms with van der Waals surface area (Å²) in [4.78, 5) is 46.3. The monoisotopic (exact) mass is 606 g/mol. The molecule has 14 heteroatoms. The van der Waals surface area contributed by atoms with Crippen LogP contribution in [0, 0.1) is 5.92 Å². The van der Waals surface area contributed by atoms with Gasteiger partial charge in [-0.05, 0) is 41.0 Å². The molecule has 36 heavy (non-hydrogen) atoms. The van der Waals surface area contributed by atoms with Crippen molar-refractivity contribution in [3.63, 3.8) is 0 Å². The maximum absolute atomic E-state index is 11.7. The van der Waals surface area contributed by atoms with E-state index in [1.54, 1.807) is 27.7 Å². The summed E-state index contributed by atoms with van der Waals surface area (Å²) in [6.45, 7) is 11.4. The second kappa shape index (κ2) is 24.6. The zero-order chi connectivity index (χ0) is 27.9. The Morgan fingerprint density at radius 3 is 1.69 bits per heavy atom. The van der Waals surface area contributed by atoms with E-state index in [0.29, 0.717) is 32.6 Å². The standard InChI is InChI=1S/C11H20O5PS.C11H20O4PS2/c1-4-14-10(12)7-9(11(13)15-5-2)8-17(18)16-6-3;1-4-7-16(17)18-9(11(13)15-6-3)8-10(12)14-5-2/h2*9H,4-8H2,1-3H3/q2*+1. The average molecular weight is 607 g/mol. The summed E-state index contributed by atoms with van der Waals surface area (Å²) in [5, 5.41) is -0.529. The molecule has 0 aliphatic heterocycles. The van der Waals surface area contributed by atoms with Crippen molar-refractivity contribution >= 4 is 71.7 Å². The number of ether oxygens (including phenoxy) is 4. The first-order chi connectivity index (χ1) is 17.1. The van der Waals surface area contributed by atoms with Crippen LogP contribution in [0.15, 0.2) is 0 Å². The molecule has 9 nitrogen and oxygen atoms in total. The number of rotatable bonds is 18. The van der Waals surface area contributed by atoms with E-state index >= 15 is 0 Å². The van der Waals surface area contributed by atoms with Crippen LogP contribution < -0.4 is 0 Å². The summed E-state index contributed by atoms with van der Waals surface area (Å²) in [5.74, 6) is -2.86. The summed E-state index contributed by atoms with van der Waals surface area (Å²) < 4.78 is 24.8. The molecule has 0 radical (unpaired) electrons. The van der Waals surface area contributed by atoms with Crippen molar-refractivity contribution in [2.75, 3.05) is 45.4 Å². The van der Waals surface area contributed by atoms with Crippen molar-refractivity contribution in [1.29, 1.82) is 0 Å². The Morgan fingerprint density at radius 2 is 1.22 bits per heavy atom. The molecule has 0 aromatic heterocycles. The fraction of sp³-hybridized carbons (Fsp3) is 0.818. The van der Waals surface area contributed by atoms with E-state index in [-0.39, 0.29) is 31.4 Å². The zero-order valence-corrected chi connectivity index (χ0v) is 26.3. The molecule has 208 valence electrons. The molecule has 0 fully saturated rings. The molecular formula is C22H40O9P2S3+2. The van der Waals surface area contributed by atoms with Crippen LogP contribution in [0.1, 0.15) is 60.8 Å². The average Bonchev–Trinajstić information content (AvgIpc) is 2.79. The van der Waals surface area contributed by atoms with Gasteiger partial charge in [0.2, 0.25) is 5.90 Å². The van der Waals surface area contributed by atoms with Crippen LogP contribution >= 0.6 is 24.2 Å². The molecular weight excluding hydrogens is 566 g/mol. The lowest BCUT2D eigenvalue weighted by Gasteiger charge is -2.10. The lowest BCUT2D eigenvalue weighted by molar-refractivity contribution is -0.153. The summed E-state index contributed by atoms with van der Waals surface area (Å²) in [6, 6.07) is 0. The third-order valence-corrected chi connectivity index (χ3v) is 10.9. The Kier molecular flexibility index (Phi) is 25.5. The molecule has 4 atom stereocenters. The molecule has 0 aromatic carbocycles. The van der Waals surface area contributed by atoms with Crippen LogP contribution in [0.4, 0.5) is 0 Å². The van der Waals surface area contributed by atoms with Crippen molar-refractivity contribution in [2.24, 2.45) is 5.92 Å². The summed E-state index contributed by atoms with van der Waals surface area (Å²) in [6.07, 6.45) is 2.26. The molecule has 0 heterocycles. The minimum Gasteiger partial charge on any atom is -0.466 e. The van der Waals surface area contributed by atoms with Gasteiger partial charge in [-0.15, -0.1) is 0 Å². The number of hydrogen-bond donors (Lipinski definition) is 0. The number of esters is 4. The predicted octanol–water partition coefficient (Wildman–Crippen LogP) is 4.89. The van der Waals surface area contributed by atoms with Crippen molar-refractivity contribution in [1.82, 2.24) is 0 Å². The molecule has 0 aromatic rings. The van der Waals surface area contributed by atoms with Crippen molar-refractivity contribution < 1.29 is 42.6 Å². The first-order valence-corrected chi connectivity index (χ1v) is 18.4. The minimum absolute atomic E-state index is 0.00474. The molecule has 0 amide bonds. The minimum atomic E-state index is -1.13. The SMILES string of the molecule is CCC[P+](=S)SC(CC(=O)OCC)C(=O)OCC.CCOC(=O)CC(C[P+](=S)OCC)C(=O)OCC. The van der Waals surface area contributed by atoms with Gasteiger partial charge in [0.25, 0.3) is 0 Å². The fourth-order valence-corrected chi connectivity index (χ4v) is 9.11. The largest absolute Gasteiger partial charge is 0.466 e. The summed E-state index contributed by atoms with van der Waals surface area (Å²) >= 11 is 11.8. The van der Waals surface area contributed by atoms with E-state index in [0.717, 1.165) is 12.6 Å². The van der Waals surface area contributed by atoms with Gasteiger partial charge < -0.3 is 18.9 Å². The Labute approximate surface area is 231 Å². The van der Waals surface area contributed by atoms with Gasteiger partial charge in [0.15, 0.2) is 35.0 Å². The second-order valence-corrected chi connectivity index (χ2v) is 15.2. The van der Waals surface area contributed by atoms with E-state index in [1.165, 1.54) is 11.4 Å². The van der Waals surface area contributed by atoms with Crippen LogP contribution in [-0.2, 0) is 66.3 Å². The topological polar surface area (TPSA) is 114 Å². The maximum Gasteiger partial charge on any atom is 0.338 e. The second-order valence-electron chi connectivity index (χ2n) is 6.80. The van der Waals surface area contributed by atoms with E-state index in [9.17, 15) is 19.2 Å². The van der Waals surface area contributed by atoms with Gasteiger partial charge in [-0.3, -0.25) is 19.2 Å². The highest BCUT2D eigenvalue weighted by atomic mass is 32.9. The molecule has 0 spiro atoms. The van der Waals surface area contributed by atoms with Crippen LogP contribution in [0.2, 0.25) is 0 Å². The number of carbonyl (C=O) groups excluding carboxylic acids is 4. The predicted molar refractivity (Wildman–Crippen MR) is 151 cm³/mol. The Balaban J connectivity index is 0. The summed E-state index contributed by atoms with van der Waals surface area (Å²) in [7, 11) is 0. The highest BCUT2D eigenvalue weighted by molar-refractivity contribution is 8.64. The lowest BCUT2D eigenvalue weighted by Crippen LogP contribution is -2.24. The molecule has 0 saturated heterocycles. The van der Waals surface area contributed by atoms with Gasteiger partial charge in [0.1, 0.15) is 23.5 Å². The van der Waals surface area contributed by atoms with Crippen LogP contribution in [0.5, 0.6) is 0 Å². The number of carbonyl (C=O) groups is 4. The quantitative estimate of drug-likeness (QED) is 0.120. The van der Waals surface area contributed by atoms with E-state index in [1.807, 2.05) is 13.8 Å². The maximum atomic E-state index is 11.7. The highest BCUT2D eigenvalue weighted by Crippen LogP contribution is 2.43.